The average Bonchev–Trinajstić information content (AvgIpc) is 2.61. The Labute approximate surface area is 168 Å². The van der Waals surface area contributed by atoms with Crippen LogP contribution in [0.4, 0.5) is 17.6 Å². The van der Waals surface area contributed by atoms with E-state index in [-0.39, 0.29) is 49.0 Å². The van der Waals surface area contributed by atoms with Crippen molar-refractivity contribution in [1.29, 1.82) is 0 Å². The van der Waals surface area contributed by atoms with E-state index in [1.165, 1.54) is 0 Å². The number of alkyl halides is 3. The predicted molar refractivity (Wildman–Crippen MR) is 103 cm³/mol. The summed E-state index contributed by atoms with van der Waals surface area (Å²) < 4.78 is 52.4. The SMILES string of the molecule is Cl.Cl.Fc1ccc(C(F)(F)F)cc1CN[C@H]1CCCN[C@H]1c1ccccc1. The molecule has 2 aromatic rings. The van der Waals surface area contributed by atoms with E-state index < -0.39 is 17.6 Å². The summed E-state index contributed by atoms with van der Waals surface area (Å²) in [6, 6.07) is 12.5. The molecule has 1 fully saturated rings. The molecule has 2 atom stereocenters. The molecule has 2 aromatic carbocycles. The van der Waals surface area contributed by atoms with Crippen LogP contribution in [0.25, 0.3) is 0 Å². The third-order valence-corrected chi connectivity index (χ3v) is 4.54. The number of benzene rings is 2. The van der Waals surface area contributed by atoms with Crippen molar-refractivity contribution in [3.8, 4) is 0 Å². The van der Waals surface area contributed by atoms with Crippen LogP contribution in [-0.4, -0.2) is 12.6 Å². The number of hydrogen-bond donors (Lipinski definition) is 2. The number of piperidine rings is 1. The van der Waals surface area contributed by atoms with Gasteiger partial charge in [-0.15, -0.1) is 24.8 Å². The molecule has 2 nitrogen and oxygen atoms in total. The second-order valence-corrected chi connectivity index (χ2v) is 6.28. The number of nitrogens with one attached hydrogen (secondary N) is 2. The summed E-state index contributed by atoms with van der Waals surface area (Å²) in [6.07, 6.45) is -2.62. The van der Waals surface area contributed by atoms with Crippen molar-refractivity contribution in [1.82, 2.24) is 10.6 Å². The van der Waals surface area contributed by atoms with Gasteiger partial charge in [-0.05, 0) is 43.1 Å². The average molecular weight is 425 g/mol. The zero-order chi connectivity index (χ0) is 17.9. The first-order chi connectivity index (χ1) is 11.9. The van der Waals surface area contributed by atoms with E-state index in [9.17, 15) is 17.6 Å². The zero-order valence-electron chi connectivity index (χ0n) is 14.4. The number of halogens is 6. The van der Waals surface area contributed by atoms with Crippen molar-refractivity contribution >= 4 is 24.8 Å². The molecule has 0 amide bonds. The van der Waals surface area contributed by atoms with Gasteiger partial charge >= 0.3 is 6.18 Å². The van der Waals surface area contributed by atoms with Crippen molar-refractivity contribution < 1.29 is 17.6 Å². The van der Waals surface area contributed by atoms with E-state index in [2.05, 4.69) is 10.6 Å². The topological polar surface area (TPSA) is 24.1 Å². The van der Waals surface area contributed by atoms with E-state index in [1.54, 1.807) is 0 Å². The van der Waals surface area contributed by atoms with Gasteiger partial charge in [-0.3, -0.25) is 0 Å². The first kappa shape index (κ1) is 23.7. The van der Waals surface area contributed by atoms with Crippen molar-refractivity contribution in [2.45, 2.75) is 37.6 Å². The number of hydrogen-bond acceptors (Lipinski definition) is 2. The smallest absolute Gasteiger partial charge is 0.309 e. The summed E-state index contributed by atoms with van der Waals surface area (Å²) in [4.78, 5) is 0. The Hall–Kier alpha value is -1.34. The third-order valence-electron chi connectivity index (χ3n) is 4.54. The molecule has 27 heavy (non-hydrogen) atoms. The Balaban J connectivity index is 0.00000182. The molecule has 1 aliphatic heterocycles. The summed E-state index contributed by atoms with van der Waals surface area (Å²) in [6.45, 7) is 0.946. The summed E-state index contributed by atoms with van der Waals surface area (Å²) in [5, 5.41) is 6.67. The Kier molecular flexibility index (Phi) is 9.02. The molecule has 1 heterocycles. The minimum absolute atomic E-state index is 0. The van der Waals surface area contributed by atoms with Crippen molar-refractivity contribution in [3.05, 3.63) is 71.0 Å². The number of rotatable bonds is 4. The van der Waals surface area contributed by atoms with Gasteiger partial charge in [0.05, 0.1) is 5.56 Å². The molecule has 0 spiro atoms. The maximum Gasteiger partial charge on any atom is 0.416 e. The van der Waals surface area contributed by atoms with Crippen LogP contribution in [0.2, 0.25) is 0 Å². The van der Waals surface area contributed by atoms with Gasteiger partial charge in [0, 0.05) is 24.2 Å². The predicted octanol–water partition coefficient (Wildman–Crippen LogP) is 5.27. The maximum absolute atomic E-state index is 13.9. The van der Waals surface area contributed by atoms with E-state index >= 15 is 0 Å². The third kappa shape index (κ3) is 6.07. The van der Waals surface area contributed by atoms with Crippen molar-refractivity contribution in [2.75, 3.05) is 6.54 Å². The van der Waals surface area contributed by atoms with Crippen molar-refractivity contribution in [3.63, 3.8) is 0 Å². The van der Waals surface area contributed by atoms with Crippen LogP contribution in [0, 0.1) is 5.82 Å². The van der Waals surface area contributed by atoms with Gasteiger partial charge < -0.3 is 10.6 Å². The molecule has 0 bridgehead atoms. The monoisotopic (exact) mass is 424 g/mol. The fraction of sp³-hybridized carbons (Fsp3) is 0.368. The molecule has 0 aromatic heterocycles. The van der Waals surface area contributed by atoms with Crippen LogP contribution in [-0.2, 0) is 12.7 Å². The van der Waals surface area contributed by atoms with E-state index in [0.717, 1.165) is 43.1 Å². The second-order valence-electron chi connectivity index (χ2n) is 6.28. The first-order valence-corrected chi connectivity index (χ1v) is 8.32. The minimum Gasteiger partial charge on any atom is -0.309 e. The van der Waals surface area contributed by atoms with Gasteiger partial charge in [-0.25, -0.2) is 4.39 Å². The standard InChI is InChI=1S/C19H20F4N2.2ClH/c20-16-9-8-15(19(21,22)23)11-14(16)12-25-17-7-4-10-24-18(17)13-5-2-1-3-6-13;;/h1-3,5-6,8-9,11,17-18,24-25H,4,7,10,12H2;2*1H/t17-,18-;;/m0../s1. The van der Waals surface area contributed by atoms with Gasteiger partial charge in [-0.2, -0.15) is 13.2 Å². The Morgan fingerprint density at radius 2 is 1.74 bits per heavy atom. The molecule has 2 N–H and O–H groups in total. The molecule has 3 rings (SSSR count). The molecule has 8 heteroatoms. The van der Waals surface area contributed by atoms with E-state index in [1.807, 2.05) is 30.3 Å². The highest BCUT2D eigenvalue weighted by atomic mass is 35.5. The van der Waals surface area contributed by atoms with Gasteiger partial charge in [-0.1, -0.05) is 30.3 Å². The second kappa shape index (κ2) is 10.3. The Bertz CT molecular complexity index is 711. The normalized spacial score (nSPS) is 19.7. The van der Waals surface area contributed by atoms with E-state index in [4.69, 9.17) is 0 Å². The van der Waals surface area contributed by atoms with Crippen LogP contribution in [0.15, 0.2) is 48.5 Å². The van der Waals surface area contributed by atoms with Gasteiger partial charge in [0.1, 0.15) is 5.82 Å². The fourth-order valence-electron chi connectivity index (χ4n) is 3.25. The molecule has 150 valence electrons. The summed E-state index contributed by atoms with van der Waals surface area (Å²) in [7, 11) is 0. The largest absolute Gasteiger partial charge is 0.416 e. The lowest BCUT2D eigenvalue weighted by molar-refractivity contribution is -0.137. The molecule has 0 unspecified atom stereocenters. The van der Waals surface area contributed by atoms with Crippen LogP contribution >= 0.6 is 24.8 Å². The molecule has 1 saturated heterocycles. The lowest BCUT2D eigenvalue weighted by Crippen LogP contribution is -2.45. The molecule has 0 radical (unpaired) electrons. The highest BCUT2D eigenvalue weighted by Crippen LogP contribution is 2.30. The quantitative estimate of drug-likeness (QED) is 0.653. The molecular formula is C19H22Cl2F4N2. The first-order valence-electron chi connectivity index (χ1n) is 8.32. The summed E-state index contributed by atoms with van der Waals surface area (Å²) in [5.74, 6) is -0.625. The summed E-state index contributed by atoms with van der Waals surface area (Å²) >= 11 is 0. The molecule has 0 saturated carbocycles. The molecule has 0 aliphatic carbocycles. The Morgan fingerprint density at radius 1 is 1.04 bits per heavy atom. The molecule has 1 aliphatic rings. The summed E-state index contributed by atoms with van der Waals surface area (Å²) in [5.41, 5.74) is 0.323. The van der Waals surface area contributed by atoms with E-state index in [0.29, 0.717) is 0 Å². The lowest BCUT2D eigenvalue weighted by Gasteiger charge is -2.34. The maximum atomic E-state index is 13.9. The van der Waals surface area contributed by atoms with Crippen LogP contribution in [0.3, 0.4) is 0 Å². The zero-order valence-corrected chi connectivity index (χ0v) is 16.1. The van der Waals surface area contributed by atoms with Crippen LogP contribution < -0.4 is 10.6 Å². The van der Waals surface area contributed by atoms with Gasteiger partial charge in [0.25, 0.3) is 0 Å². The van der Waals surface area contributed by atoms with Crippen molar-refractivity contribution in [2.24, 2.45) is 0 Å². The van der Waals surface area contributed by atoms with Gasteiger partial charge in [0.15, 0.2) is 0 Å². The van der Waals surface area contributed by atoms with Crippen LogP contribution in [0.5, 0.6) is 0 Å². The highest BCUT2D eigenvalue weighted by molar-refractivity contribution is 5.85. The highest BCUT2D eigenvalue weighted by Gasteiger charge is 2.31. The minimum atomic E-state index is -4.47. The van der Waals surface area contributed by atoms with Gasteiger partial charge in [0.2, 0.25) is 0 Å². The van der Waals surface area contributed by atoms with Crippen LogP contribution in [0.1, 0.15) is 35.6 Å². The fourth-order valence-corrected chi connectivity index (χ4v) is 3.25. The lowest BCUT2D eigenvalue weighted by atomic mass is 9.92. The Morgan fingerprint density at radius 3 is 2.41 bits per heavy atom. The molecular weight excluding hydrogens is 403 g/mol.